The summed E-state index contributed by atoms with van der Waals surface area (Å²) in [4.78, 5) is 17.0. The number of carbonyl (C=O) groups excluding carboxylic acids is 1. The molecule has 130 valence electrons. The number of pyridine rings is 1. The lowest BCUT2D eigenvalue weighted by Crippen LogP contribution is -2.29. The molecular weight excluding hydrogens is 320 g/mol. The molecule has 3 rings (SSSR count). The third-order valence-corrected chi connectivity index (χ3v) is 3.83. The molecule has 0 radical (unpaired) electrons. The molecule has 0 aliphatic heterocycles. The van der Waals surface area contributed by atoms with Crippen molar-refractivity contribution in [2.24, 2.45) is 0 Å². The van der Waals surface area contributed by atoms with Crippen molar-refractivity contribution in [3.8, 4) is 11.4 Å². The number of furan rings is 1. The zero-order valence-corrected chi connectivity index (χ0v) is 14.2. The highest BCUT2D eigenvalue weighted by Crippen LogP contribution is 2.23. The van der Waals surface area contributed by atoms with Gasteiger partial charge >= 0.3 is 0 Å². The fourth-order valence-corrected chi connectivity index (χ4v) is 2.56. The van der Waals surface area contributed by atoms with Gasteiger partial charge in [0.25, 0.3) is 5.91 Å². The maximum atomic E-state index is 12.8. The van der Waals surface area contributed by atoms with Crippen LogP contribution in [0.2, 0.25) is 0 Å². The van der Waals surface area contributed by atoms with Crippen molar-refractivity contribution in [2.75, 3.05) is 13.7 Å². The average Bonchev–Trinajstić information content (AvgIpc) is 3.28. The zero-order valence-electron chi connectivity index (χ0n) is 14.2. The van der Waals surface area contributed by atoms with E-state index in [4.69, 9.17) is 9.15 Å². The summed E-state index contributed by atoms with van der Waals surface area (Å²) in [6.45, 7) is 2.37. The summed E-state index contributed by atoms with van der Waals surface area (Å²) in [5.74, 6) is 1.25. The number of carbonyl (C=O) groups is 1. The summed E-state index contributed by atoms with van der Waals surface area (Å²) in [5, 5.41) is 9.83. The monoisotopic (exact) mass is 340 g/mol. The van der Waals surface area contributed by atoms with Gasteiger partial charge in [0, 0.05) is 19.9 Å². The molecule has 2 N–H and O–H groups in total. The van der Waals surface area contributed by atoms with Crippen molar-refractivity contribution >= 4 is 5.91 Å². The van der Waals surface area contributed by atoms with Gasteiger partial charge in [-0.2, -0.15) is 5.10 Å². The number of hydrogen-bond donors (Lipinski definition) is 2. The first-order chi connectivity index (χ1) is 12.2. The van der Waals surface area contributed by atoms with E-state index in [2.05, 4.69) is 20.5 Å². The maximum absolute atomic E-state index is 12.8. The molecule has 0 bridgehead atoms. The molecule has 1 atom stereocenters. The second kappa shape index (κ2) is 7.76. The predicted octanol–water partition coefficient (Wildman–Crippen LogP) is 2.88. The SMILES string of the molecule is COCC[C@H](NC(=O)c1cn[nH]c1-c1ccccn1)c1ccc(C)o1. The highest BCUT2D eigenvalue weighted by atomic mass is 16.5. The number of ether oxygens (including phenoxy) is 1. The second-order valence-corrected chi connectivity index (χ2v) is 5.63. The van der Waals surface area contributed by atoms with E-state index in [0.29, 0.717) is 35.7 Å². The lowest BCUT2D eigenvalue weighted by molar-refractivity contribution is 0.0917. The average molecular weight is 340 g/mol. The van der Waals surface area contributed by atoms with Crippen molar-refractivity contribution < 1.29 is 13.9 Å². The number of hydrogen-bond acceptors (Lipinski definition) is 5. The highest BCUT2D eigenvalue weighted by molar-refractivity contribution is 5.99. The molecule has 0 fully saturated rings. The van der Waals surface area contributed by atoms with Crippen molar-refractivity contribution in [1.82, 2.24) is 20.5 Å². The Labute approximate surface area is 145 Å². The first-order valence-electron chi connectivity index (χ1n) is 8.00. The van der Waals surface area contributed by atoms with Gasteiger partial charge in [0.05, 0.1) is 29.2 Å². The molecule has 3 aromatic heterocycles. The topological polar surface area (TPSA) is 93.0 Å². The summed E-state index contributed by atoms with van der Waals surface area (Å²) < 4.78 is 10.8. The minimum absolute atomic E-state index is 0.246. The van der Waals surface area contributed by atoms with Crippen LogP contribution in [0.3, 0.4) is 0 Å². The van der Waals surface area contributed by atoms with Crippen molar-refractivity contribution in [1.29, 1.82) is 0 Å². The summed E-state index contributed by atoms with van der Waals surface area (Å²) in [5.41, 5.74) is 1.68. The zero-order chi connectivity index (χ0) is 17.6. The Morgan fingerprint density at radius 3 is 2.92 bits per heavy atom. The van der Waals surface area contributed by atoms with Gasteiger partial charge in [-0.1, -0.05) is 6.07 Å². The molecule has 0 spiro atoms. The third kappa shape index (κ3) is 3.95. The van der Waals surface area contributed by atoms with Gasteiger partial charge in [-0.15, -0.1) is 0 Å². The Morgan fingerprint density at radius 1 is 1.36 bits per heavy atom. The quantitative estimate of drug-likeness (QED) is 0.690. The molecule has 0 saturated heterocycles. The van der Waals surface area contributed by atoms with Crippen molar-refractivity contribution in [3.05, 3.63) is 59.8 Å². The van der Waals surface area contributed by atoms with Crippen LogP contribution in [0.1, 0.15) is 34.3 Å². The van der Waals surface area contributed by atoms with Gasteiger partial charge in [0.1, 0.15) is 11.5 Å². The molecule has 3 aromatic rings. The van der Waals surface area contributed by atoms with Gasteiger partial charge in [0.15, 0.2) is 0 Å². The Bertz CT molecular complexity index is 826. The Morgan fingerprint density at radius 2 is 2.24 bits per heavy atom. The van der Waals surface area contributed by atoms with E-state index >= 15 is 0 Å². The fourth-order valence-electron chi connectivity index (χ4n) is 2.56. The van der Waals surface area contributed by atoms with Crippen LogP contribution in [0, 0.1) is 6.92 Å². The lowest BCUT2D eigenvalue weighted by Gasteiger charge is -2.16. The highest BCUT2D eigenvalue weighted by Gasteiger charge is 2.22. The van der Waals surface area contributed by atoms with Crippen molar-refractivity contribution in [3.63, 3.8) is 0 Å². The molecule has 0 aliphatic carbocycles. The molecule has 7 nitrogen and oxygen atoms in total. The first kappa shape index (κ1) is 16.9. The van der Waals surface area contributed by atoms with Crippen LogP contribution in [-0.2, 0) is 4.74 Å². The van der Waals surface area contributed by atoms with Gasteiger partial charge < -0.3 is 14.5 Å². The summed E-state index contributed by atoms with van der Waals surface area (Å²) >= 11 is 0. The number of amides is 1. The molecule has 0 saturated carbocycles. The van der Waals surface area contributed by atoms with Gasteiger partial charge in [-0.05, 0) is 37.6 Å². The van der Waals surface area contributed by atoms with E-state index in [0.717, 1.165) is 5.76 Å². The van der Waals surface area contributed by atoms with Crippen LogP contribution in [-0.4, -0.2) is 34.8 Å². The largest absolute Gasteiger partial charge is 0.464 e. The minimum atomic E-state index is -0.285. The smallest absolute Gasteiger partial charge is 0.255 e. The number of aromatic amines is 1. The molecule has 1 amide bonds. The molecule has 0 unspecified atom stereocenters. The summed E-state index contributed by atoms with van der Waals surface area (Å²) in [6.07, 6.45) is 3.77. The Balaban J connectivity index is 1.81. The number of rotatable bonds is 7. The van der Waals surface area contributed by atoms with Crippen LogP contribution in [0.25, 0.3) is 11.4 Å². The standard InChI is InChI=1S/C18H20N4O3/c1-12-6-7-16(25-12)14(8-10-24-2)21-18(23)13-11-20-22-17(13)15-5-3-4-9-19-15/h3-7,9,11,14H,8,10H2,1-2H3,(H,20,22)(H,21,23)/t14-/m0/s1. The molecule has 0 aromatic carbocycles. The maximum Gasteiger partial charge on any atom is 0.255 e. The Kier molecular flexibility index (Phi) is 5.25. The van der Waals surface area contributed by atoms with Crippen LogP contribution < -0.4 is 5.32 Å². The first-order valence-corrected chi connectivity index (χ1v) is 8.00. The van der Waals surface area contributed by atoms with Gasteiger partial charge in [-0.3, -0.25) is 14.9 Å². The predicted molar refractivity (Wildman–Crippen MR) is 92.0 cm³/mol. The molecule has 0 aliphatic rings. The van der Waals surface area contributed by atoms with E-state index in [1.165, 1.54) is 6.20 Å². The van der Waals surface area contributed by atoms with Crippen LogP contribution in [0.4, 0.5) is 0 Å². The van der Waals surface area contributed by atoms with E-state index < -0.39 is 0 Å². The normalized spacial score (nSPS) is 12.1. The third-order valence-electron chi connectivity index (χ3n) is 3.83. The van der Waals surface area contributed by atoms with Crippen molar-refractivity contribution in [2.45, 2.75) is 19.4 Å². The van der Waals surface area contributed by atoms with Gasteiger partial charge in [0.2, 0.25) is 0 Å². The molecular formula is C18H20N4O3. The number of aromatic nitrogens is 3. The number of H-pyrrole nitrogens is 1. The summed E-state index contributed by atoms with van der Waals surface area (Å²) in [6, 6.07) is 8.96. The second-order valence-electron chi connectivity index (χ2n) is 5.63. The van der Waals surface area contributed by atoms with E-state index in [-0.39, 0.29) is 11.9 Å². The molecule has 3 heterocycles. The van der Waals surface area contributed by atoms with Crippen LogP contribution >= 0.6 is 0 Å². The van der Waals surface area contributed by atoms with Gasteiger partial charge in [-0.25, -0.2) is 0 Å². The van der Waals surface area contributed by atoms with E-state index in [9.17, 15) is 4.79 Å². The van der Waals surface area contributed by atoms with E-state index in [1.54, 1.807) is 13.3 Å². The fraction of sp³-hybridized carbons (Fsp3) is 0.278. The lowest BCUT2D eigenvalue weighted by atomic mass is 10.1. The van der Waals surface area contributed by atoms with Crippen LogP contribution in [0.5, 0.6) is 0 Å². The number of nitrogens with zero attached hydrogens (tertiary/aromatic N) is 2. The summed E-state index contributed by atoms with van der Waals surface area (Å²) in [7, 11) is 1.63. The minimum Gasteiger partial charge on any atom is -0.464 e. The van der Waals surface area contributed by atoms with E-state index in [1.807, 2.05) is 37.3 Å². The molecule has 25 heavy (non-hydrogen) atoms. The number of nitrogens with one attached hydrogen (secondary N) is 2. The number of methoxy groups -OCH3 is 1. The molecule has 7 heteroatoms. The number of aryl methyl sites for hydroxylation is 1. The van der Waals surface area contributed by atoms with Crippen LogP contribution in [0.15, 0.2) is 47.1 Å². The Hall–Kier alpha value is -2.93.